The number of imide groups is 1. The van der Waals surface area contributed by atoms with E-state index in [2.05, 4.69) is 10.3 Å². The van der Waals surface area contributed by atoms with E-state index in [1.54, 1.807) is 36.5 Å². The predicted molar refractivity (Wildman–Crippen MR) is 124 cm³/mol. The predicted octanol–water partition coefficient (Wildman–Crippen LogP) is 3.86. The summed E-state index contributed by atoms with van der Waals surface area (Å²) in [5.74, 6) is 0.510. The van der Waals surface area contributed by atoms with Gasteiger partial charge in [-0.05, 0) is 49.2 Å². The van der Waals surface area contributed by atoms with Crippen molar-refractivity contribution in [1.29, 1.82) is 0 Å². The summed E-state index contributed by atoms with van der Waals surface area (Å²) in [4.78, 5) is 32.5. The van der Waals surface area contributed by atoms with Gasteiger partial charge in [0.2, 0.25) is 0 Å². The van der Waals surface area contributed by atoms with E-state index in [-0.39, 0.29) is 18.1 Å². The third-order valence-corrected chi connectivity index (χ3v) is 5.68. The largest absolute Gasteiger partial charge is 0.486 e. The Bertz CT molecular complexity index is 1280. The van der Waals surface area contributed by atoms with E-state index >= 15 is 0 Å². The molecule has 166 valence electrons. The molecule has 33 heavy (non-hydrogen) atoms. The van der Waals surface area contributed by atoms with Gasteiger partial charge in [-0.3, -0.25) is 19.5 Å². The lowest BCUT2D eigenvalue weighted by atomic mass is 9.97. The Kier molecular flexibility index (Phi) is 5.30. The summed E-state index contributed by atoms with van der Waals surface area (Å²) in [6.45, 7) is 4.99. The van der Waals surface area contributed by atoms with Crippen LogP contribution in [0, 0.1) is 13.8 Å². The van der Waals surface area contributed by atoms with E-state index < -0.39 is 5.91 Å². The quantitative estimate of drug-likeness (QED) is 0.606. The van der Waals surface area contributed by atoms with Gasteiger partial charge in [-0.25, -0.2) is 0 Å². The summed E-state index contributed by atoms with van der Waals surface area (Å²) < 4.78 is 11.3. The Balaban J connectivity index is 1.56. The number of nitrogens with one attached hydrogen (secondary N) is 1. The molecule has 3 heterocycles. The number of hydrogen-bond acceptors (Lipinski definition) is 6. The zero-order chi connectivity index (χ0) is 22.9. The van der Waals surface area contributed by atoms with E-state index in [4.69, 9.17) is 9.47 Å². The van der Waals surface area contributed by atoms with Crippen LogP contribution in [0.4, 0.5) is 5.69 Å². The monoisotopic (exact) mass is 441 g/mol. The van der Waals surface area contributed by atoms with E-state index in [1.807, 2.05) is 38.1 Å². The Hall–Kier alpha value is -4.13. The summed E-state index contributed by atoms with van der Waals surface area (Å²) in [6, 6.07) is 16.6. The molecule has 0 saturated heterocycles. The highest BCUT2D eigenvalue weighted by atomic mass is 16.6. The number of ether oxygens (including phenoxy) is 2. The second kappa shape index (κ2) is 8.43. The van der Waals surface area contributed by atoms with E-state index in [0.29, 0.717) is 41.7 Å². The topological polar surface area (TPSA) is 80.8 Å². The maximum atomic E-state index is 13.5. The van der Waals surface area contributed by atoms with Crippen molar-refractivity contribution in [2.75, 3.05) is 18.5 Å². The number of aryl methyl sites for hydroxylation is 2. The van der Waals surface area contributed by atoms with Crippen LogP contribution in [0.2, 0.25) is 0 Å². The van der Waals surface area contributed by atoms with Crippen LogP contribution in [-0.2, 0) is 16.1 Å². The van der Waals surface area contributed by atoms with Crippen molar-refractivity contribution >= 4 is 23.1 Å². The fourth-order valence-corrected chi connectivity index (χ4v) is 4.10. The number of fused-ring (bicyclic) bond motifs is 1. The minimum absolute atomic E-state index is 0.0965. The minimum Gasteiger partial charge on any atom is -0.486 e. The third-order valence-electron chi connectivity index (χ3n) is 5.68. The molecule has 3 aromatic rings. The molecular weight excluding hydrogens is 418 g/mol. The highest BCUT2D eigenvalue weighted by Gasteiger charge is 2.40. The van der Waals surface area contributed by atoms with Crippen molar-refractivity contribution in [1.82, 2.24) is 9.88 Å². The summed E-state index contributed by atoms with van der Waals surface area (Å²) >= 11 is 0. The standard InChI is InChI=1S/C26H23N3O4/c1-16-6-8-20(17(2)13-16)23-24(28-18-7-9-21-22(14-18)33-12-11-32-21)26(31)29(25(23)30)15-19-5-3-4-10-27-19/h3-10,13-14,28H,11-12,15H2,1-2H3. The van der Waals surface area contributed by atoms with Gasteiger partial charge in [-0.15, -0.1) is 0 Å². The van der Waals surface area contributed by atoms with Crippen molar-refractivity contribution in [2.24, 2.45) is 0 Å². The highest BCUT2D eigenvalue weighted by Crippen LogP contribution is 2.36. The van der Waals surface area contributed by atoms with Gasteiger partial charge in [0.05, 0.1) is 17.8 Å². The van der Waals surface area contributed by atoms with Gasteiger partial charge in [0.15, 0.2) is 11.5 Å². The number of aromatic nitrogens is 1. The molecule has 0 radical (unpaired) electrons. The van der Waals surface area contributed by atoms with Gasteiger partial charge in [0.1, 0.15) is 18.9 Å². The van der Waals surface area contributed by atoms with E-state index in [0.717, 1.165) is 16.7 Å². The van der Waals surface area contributed by atoms with Gasteiger partial charge in [0, 0.05) is 18.0 Å². The normalized spacial score (nSPS) is 15.3. The first-order chi connectivity index (χ1) is 16.0. The van der Waals surface area contributed by atoms with Gasteiger partial charge in [-0.1, -0.05) is 29.8 Å². The summed E-state index contributed by atoms with van der Waals surface area (Å²) in [5.41, 5.74) is 4.59. The van der Waals surface area contributed by atoms with Gasteiger partial charge < -0.3 is 14.8 Å². The molecule has 2 aromatic carbocycles. The summed E-state index contributed by atoms with van der Waals surface area (Å²) in [5, 5.41) is 3.19. The highest BCUT2D eigenvalue weighted by molar-refractivity contribution is 6.36. The maximum Gasteiger partial charge on any atom is 0.278 e. The first kappa shape index (κ1) is 20.8. The zero-order valence-corrected chi connectivity index (χ0v) is 18.4. The molecule has 0 atom stereocenters. The lowest BCUT2D eigenvalue weighted by Crippen LogP contribution is -2.32. The van der Waals surface area contributed by atoms with Crippen LogP contribution in [0.25, 0.3) is 5.57 Å². The third kappa shape index (κ3) is 3.93. The molecular formula is C26H23N3O4. The lowest BCUT2D eigenvalue weighted by molar-refractivity contribution is -0.137. The Morgan fingerprint density at radius 3 is 2.52 bits per heavy atom. The number of carbonyl (C=O) groups is 2. The van der Waals surface area contributed by atoms with Crippen LogP contribution >= 0.6 is 0 Å². The number of anilines is 1. The molecule has 2 aliphatic rings. The van der Waals surface area contributed by atoms with Crippen LogP contribution in [0.1, 0.15) is 22.4 Å². The summed E-state index contributed by atoms with van der Waals surface area (Å²) in [6.07, 6.45) is 1.65. The molecule has 0 saturated carbocycles. The molecule has 0 fully saturated rings. The number of carbonyl (C=O) groups excluding carboxylic acids is 2. The van der Waals surface area contributed by atoms with Crippen molar-refractivity contribution in [3.63, 3.8) is 0 Å². The van der Waals surface area contributed by atoms with Crippen LogP contribution in [-0.4, -0.2) is 34.9 Å². The smallest absolute Gasteiger partial charge is 0.278 e. The van der Waals surface area contributed by atoms with Gasteiger partial charge in [0.25, 0.3) is 11.8 Å². The van der Waals surface area contributed by atoms with Crippen molar-refractivity contribution in [3.8, 4) is 11.5 Å². The molecule has 1 aromatic heterocycles. The van der Waals surface area contributed by atoms with Crippen LogP contribution in [0.3, 0.4) is 0 Å². The average molecular weight is 441 g/mol. The lowest BCUT2D eigenvalue weighted by Gasteiger charge is -2.19. The molecule has 2 amide bonds. The van der Waals surface area contributed by atoms with E-state index in [9.17, 15) is 9.59 Å². The number of amides is 2. The van der Waals surface area contributed by atoms with Crippen molar-refractivity contribution in [3.05, 3.63) is 88.9 Å². The fourth-order valence-electron chi connectivity index (χ4n) is 4.10. The minimum atomic E-state index is -0.393. The second-order valence-corrected chi connectivity index (χ2v) is 8.07. The van der Waals surface area contributed by atoms with Crippen LogP contribution in [0.15, 0.2) is 66.5 Å². The molecule has 7 nitrogen and oxygen atoms in total. The Morgan fingerprint density at radius 2 is 1.76 bits per heavy atom. The molecule has 0 aliphatic carbocycles. The molecule has 5 rings (SSSR count). The number of pyridine rings is 1. The summed E-state index contributed by atoms with van der Waals surface area (Å²) in [7, 11) is 0. The van der Waals surface area contributed by atoms with E-state index in [1.165, 1.54) is 4.90 Å². The SMILES string of the molecule is Cc1ccc(C2=C(Nc3ccc4c(c3)OCCO4)C(=O)N(Cc3ccccn3)C2=O)c(C)c1. The first-order valence-corrected chi connectivity index (χ1v) is 10.8. The number of hydrogen-bond donors (Lipinski definition) is 1. The maximum absolute atomic E-state index is 13.5. The fraction of sp³-hybridized carbons (Fsp3) is 0.192. The average Bonchev–Trinajstić information content (AvgIpc) is 3.04. The molecule has 2 aliphatic heterocycles. The van der Waals surface area contributed by atoms with Gasteiger partial charge in [-0.2, -0.15) is 0 Å². The molecule has 0 unspecified atom stereocenters. The number of rotatable bonds is 5. The Labute approximate surface area is 191 Å². The molecule has 7 heteroatoms. The molecule has 0 bridgehead atoms. The van der Waals surface area contributed by atoms with Crippen LogP contribution < -0.4 is 14.8 Å². The van der Waals surface area contributed by atoms with Crippen molar-refractivity contribution < 1.29 is 19.1 Å². The number of nitrogens with zero attached hydrogens (tertiary/aromatic N) is 2. The second-order valence-electron chi connectivity index (χ2n) is 8.07. The number of benzene rings is 2. The van der Waals surface area contributed by atoms with Crippen LogP contribution in [0.5, 0.6) is 11.5 Å². The first-order valence-electron chi connectivity index (χ1n) is 10.8. The van der Waals surface area contributed by atoms with Crippen molar-refractivity contribution in [2.45, 2.75) is 20.4 Å². The molecule has 0 spiro atoms. The zero-order valence-electron chi connectivity index (χ0n) is 18.4. The van der Waals surface area contributed by atoms with Gasteiger partial charge >= 0.3 is 0 Å². The Morgan fingerprint density at radius 1 is 0.939 bits per heavy atom. The molecule has 1 N–H and O–H groups in total.